The second-order valence-electron chi connectivity index (χ2n) is 5.22. The van der Waals surface area contributed by atoms with Gasteiger partial charge in [-0.3, -0.25) is 5.10 Å². The molecule has 2 N–H and O–H groups in total. The van der Waals surface area contributed by atoms with E-state index in [1.807, 2.05) is 55.5 Å². The van der Waals surface area contributed by atoms with Crippen molar-refractivity contribution in [2.45, 2.75) is 13.5 Å². The van der Waals surface area contributed by atoms with Crippen LogP contribution in [0.1, 0.15) is 21.6 Å². The van der Waals surface area contributed by atoms with E-state index in [1.165, 1.54) is 6.07 Å². The van der Waals surface area contributed by atoms with E-state index in [9.17, 15) is 4.79 Å². The highest BCUT2D eigenvalue weighted by atomic mass is 16.5. The molecule has 0 aliphatic rings. The molecule has 0 bridgehead atoms. The Kier molecular flexibility index (Phi) is 4.10. The van der Waals surface area contributed by atoms with Crippen LogP contribution in [0.5, 0.6) is 5.75 Å². The van der Waals surface area contributed by atoms with Crippen molar-refractivity contribution in [1.29, 1.82) is 0 Å². The molecule has 3 rings (SSSR count). The largest absolute Gasteiger partial charge is 0.489 e. The third-order valence-electron chi connectivity index (χ3n) is 3.53. The Morgan fingerprint density at radius 1 is 1.17 bits per heavy atom. The third kappa shape index (κ3) is 3.40. The van der Waals surface area contributed by atoms with E-state index in [0.29, 0.717) is 12.3 Å². The van der Waals surface area contributed by atoms with Crippen LogP contribution < -0.4 is 4.74 Å². The van der Waals surface area contributed by atoms with Crippen LogP contribution in [0.25, 0.3) is 11.3 Å². The number of aromatic nitrogens is 2. The quantitative estimate of drug-likeness (QED) is 0.754. The summed E-state index contributed by atoms with van der Waals surface area (Å²) in [6.45, 7) is 2.45. The number of benzene rings is 2. The molecule has 5 nitrogen and oxygen atoms in total. The number of carboxylic acid groups (broad SMARTS) is 1. The van der Waals surface area contributed by atoms with E-state index in [2.05, 4.69) is 10.2 Å². The first kappa shape index (κ1) is 14.8. The predicted octanol–water partition coefficient (Wildman–Crippen LogP) is 3.66. The van der Waals surface area contributed by atoms with Crippen LogP contribution in [-0.4, -0.2) is 21.3 Å². The van der Waals surface area contributed by atoms with Crippen LogP contribution in [0.2, 0.25) is 0 Å². The summed E-state index contributed by atoms with van der Waals surface area (Å²) in [5.74, 6) is -0.256. The number of aromatic carboxylic acids is 1. The van der Waals surface area contributed by atoms with Crippen molar-refractivity contribution in [2.75, 3.05) is 0 Å². The third-order valence-corrected chi connectivity index (χ3v) is 3.53. The monoisotopic (exact) mass is 308 g/mol. The standard InChI is InChI=1S/C18H16N2O3/c1-12-9-14(23-11-13-5-3-2-4-6-13)7-8-15(12)16-10-17(18(21)22)20-19-16/h2-10H,11H2,1H3,(H,19,20)(H,21,22). The summed E-state index contributed by atoms with van der Waals surface area (Å²) >= 11 is 0. The molecule has 1 heterocycles. The fourth-order valence-corrected chi connectivity index (χ4v) is 2.32. The summed E-state index contributed by atoms with van der Waals surface area (Å²) < 4.78 is 5.78. The van der Waals surface area contributed by atoms with Gasteiger partial charge in [0.1, 0.15) is 18.1 Å². The van der Waals surface area contributed by atoms with Crippen LogP contribution in [0.15, 0.2) is 54.6 Å². The maximum absolute atomic E-state index is 10.9. The molecule has 116 valence electrons. The Morgan fingerprint density at radius 3 is 2.61 bits per heavy atom. The Labute approximate surface area is 133 Å². The van der Waals surface area contributed by atoms with Gasteiger partial charge < -0.3 is 9.84 Å². The van der Waals surface area contributed by atoms with Crippen LogP contribution in [-0.2, 0) is 6.61 Å². The van der Waals surface area contributed by atoms with E-state index in [-0.39, 0.29) is 5.69 Å². The number of rotatable bonds is 5. The number of aromatic amines is 1. The molecular formula is C18H16N2O3. The first-order valence-electron chi connectivity index (χ1n) is 7.20. The molecular weight excluding hydrogens is 292 g/mol. The lowest BCUT2D eigenvalue weighted by Crippen LogP contribution is -1.96. The topological polar surface area (TPSA) is 75.2 Å². The van der Waals surface area contributed by atoms with Gasteiger partial charge in [0.15, 0.2) is 0 Å². The number of hydrogen-bond acceptors (Lipinski definition) is 3. The Bertz CT molecular complexity index is 825. The van der Waals surface area contributed by atoms with Gasteiger partial charge >= 0.3 is 5.97 Å². The maximum Gasteiger partial charge on any atom is 0.353 e. The molecule has 0 radical (unpaired) electrons. The summed E-state index contributed by atoms with van der Waals surface area (Å²) in [4.78, 5) is 10.9. The molecule has 0 fully saturated rings. The summed E-state index contributed by atoms with van der Waals surface area (Å²) in [7, 11) is 0. The molecule has 3 aromatic rings. The van der Waals surface area contributed by atoms with Crippen LogP contribution in [0, 0.1) is 6.92 Å². The van der Waals surface area contributed by atoms with Gasteiger partial charge in [-0.1, -0.05) is 30.3 Å². The fourth-order valence-electron chi connectivity index (χ4n) is 2.32. The van der Waals surface area contributed by atoms with Crippen LogP contribution >= 0.6 is 0 Å². The van der Waals surface area contributed by atoms with Gasteiger partial charge in [-0.2, -0.15) is 5.10 Å². The molecule has 5 heteroatoms. The molecule has 0 unspecified atom stereocenters. The van der Waals surface area contributed by atoms with Crippen molar-refractivity contribution in [3.8, 4) is 17.0 Å². The minimum absolute atomic E-state index is 0.0730. The van der Waals surface area contributed by atoms with Gasteiger partial charge in [-0.25, -0.2) is 4.79 Å². The lowest BCUT2D eigenvalue weighted by Gasteiger charge is -2.09. The van der Waals surface area contributed by atoms with E-state index in [0.717, 1.165) is 22.4 Å². The summed E-state index contributed by atoms with van der Waals surface area (Å²) in [5.41, 5.74) is 3.63. The number of carboxylic acids is 1. The highest BCUT2D eigenvalue weighted by molar-refractivity contribution is 5.87. The van der Waals surface area contributed by atoms with Gasteiger partial charge in [-0.05, 0) is 42.3 Å². The highest BCUT2D eigenvalue weighted by Crippen LogP contribution is 2.26. The van der Waals surface area contributed by atoms with Crippen molar-refractivity contribution < 1.29 is 14.6 Å². The predicted molar refractivity (Wildman–Crippen MR) is 86.5 cm³/mol. The first-order chi connectivity index (χ1) is 11.1. The molecule has 0 amide bonds. The first-order valence-corrected chi connectivity index (χ1v) is 7.20. The SMILES string of the molecule is Cc1cc(OCc2ccccc2)ccc1-c1cc(C(=O)O)[nH]n1. The van der Waals surface area contributed by atoms with Gasteiger partial charge in [0.25, 0.3) is 0 Å². The number of H-pyrrole nitrogens is 1. The second-order valence-corrected chi connectivity index (χ2v) is 5.22. The molecule has 0 aliphatic carbocycles. The maximum atomic E-state index is 10.9. The summed E-state index contributed by atoms with van der Waals surface area (Å²) in [6.07, 6.45) is 0. The van der Waals surface area contributed by atoms with Crippen LogP contribution in [0.4, 0.5) is 0 Å². The number of hydrogen-bond donors (Lipinski definition) is 2. The van der Waals surface area contributed by atoms with E-state index in [1.54, 1.807) is 0 Å². The molecule has 23 heavy (non-hydrogen) atoms. The molecule has 0 aliphatic heterocycles. The smallest absolute Gasteiger partial charge is 0.353 e. The van der Waals surface area contributed by atoms with Crippen molar-refractivity contribution in [2.24, 2.45) is 0 Å². The zero-order valence-corrected chi connectivity index (χ0v) is 12.6. The number of nitrogens with one attached hydrogen (secondary N) is 1. The zero-order chi connectivity index (χ0) is 16.2. The number of nitrogens with zero attached hydrogens (tertiary/aromatic N) is 1. The zero-order valence-electron chi connectivity index (χ0n) is 12.6. The molecule has 0 spiro atoms. The van der Waals surface area contributed by atoms with Gasteiger partial charge in [-0.15, -0.1) is 0 Å². The molecule has 1 aromatic heterocycles. The Morgan fingerprint density at radius 2 is 1.96 bits per heavy atom. The fraction of sp³-hybridized carbons (Fsp3) is 0.111. The number of carbonyl (C=O) groups is 1. The van der Waals surface area contributed by atoms with Gasteiger partial charge in [0, 0.05) is 5.56 Å². The number of aryl methyl sites for hydroxylation is 1. The minimum atomic E-state index is -1.02. The Balaban J connectivity index is 1.76. The minimum Gasteiger partial charge on any atom is -0.489 e. The molecule has 0 saturated heterocycles. The van der Waals surface area contributed by atoms with Gasteiger partial charge in [0.2, 0.25) is 0 Å². The van der Waals surface area contributed by atoms with E-state index >= 15 is 0 Å². The lowest BCUT2D eigenvalue weighted by molar-refractivity contribution is 0.0690. The Hall–Kier alpha value is -3.08. The molecule has 0 saturated carbocycles. The summed E-state index contributed by atoms with van der Waals surface area (Å²) in [5, 5.41) is 15.5. The van der Waals surface area contributed by atoms with Crippen molar-refractivity contribution in [3.05, 3.63) is 71.4 Å². The number of ether oxygens (including phenoxy) is 1. The highest BCUT2D eigenvalue weighted by Gasteiger charge is 2.11. The van der Waals surface area contributed by atoms with E-state index in [4.69, 9.17) is 9.84 Å². The summed E-state index contributed by atoms with van der Waals surface area (Å²) in [6, 6.07) is 17.1. The normalized spacial score (nSPS) is 10.5. The molecule has 0 atom stereocenters. The van der Waals surface area contributed by atoms with Gasteiger partial charge in [0.05, 0.1) is 5.69 Å². The van der Waals surface area contributed by atoms with Crippen molar-refractivity contribution >= 4 is 5.97 Å². The second kappa shape index (κ2) is 6.36. The van der Waals surface area contributed by atoms with E-state index < -0.39 is 5.97 Å². The molecule has 2 aromatic carbocycles. The average Bonchev–Trinajstić information content (AvgIpc) is 3.04. The van der Waals surface area contributed by atoms with Crippen molar-refractivity contribution in [1.82, 2.24) is 10.2 Å². The average molecular weight is 308 g/mol. The van der Waals surface area contributed by atoms with Crippen molar-refractivity contribution in [3.63, 3.8) is 0 Å². The van der Waals surface area contributed by atoms with Crippen LogP contribution in [0.3, 0.4) is 0 Å². The lowest BCUT2D eigenvalue weighted by atomic mass is 10.1.